The van der Waals surface area contributed by atoms with Crippen LogP contribution in [0.4, 0.5) is 0 Å². The van der Waals surface area contributed by atoms with Crippen molar-refractivity contribution in [1.29, 1.82) is 0 Å². The molecule has 0 heterocycles. The van der Waals surface area contributed by atoms with Crippen LogP contribution in [0.3, 0.4) is 0 Å². The standard InChI is InChI=1S/C15H17NO/c17-16-12-11-15(13-7-3-1-4-8-13)14-9-5-2-6-10-14/h1-10,15-17H,11-12H2. The molecular weight excluding hydrogens is 210 g/mol. The monoisotopic (exact) mass is 227 g/mol. The summed E-state index contributed by atoms with van der Waals surface area (Å²) in [4.78, 5) is 0. The summed E-state index contributed by atoms with van der Waals surface area (Å²) in [5, 5.41) is 8.76. The Bertz CT molecular complexity index is 388. The summed E-state index contributed by atoms with van der Waals surface area (Å²) in [6, 6.07) is 20.8. The van der Waals surface area contributed by atoms with Gasteiger partial charge in [-0.15, -0.1) is 0 Å². The van der Waals surface area contributed by atoms with Crippen molar-refractivity contribution in [2.24, 2.45) is 0 Å². The van der Waals surface area contributed by atoms with Crippen molar-refractivity contribution >= 4 is 0 Å². The van der Waals surface area contributed by atoms with E-state index in [4.69, 9.17) is 5.21 Å². The first-order valence-corrected chi connectivity index (χ1v) is 5.88. The summed E-state index contributed by atoms with van der Waals surface area (Å²) in [6.07, 6.45) is 0.879. The zero-order valence-corrected chi connectivity index (χ0v) is 9.71. The summed E-state index contributed by atoms with van der Waals surface area (Å²) in [7, 11) is 0. The van der Waals surface area contributed by atoms with Crippen LogP contribution in [-0.2, 0) is 0 Å². The molecule has 2 heteroatoms. The average molecular weight is 227 g/mol. The Morgan fingerprint density at radius 2 is 1.29 bits per heavy atom. The topological polar surface area (TPSA) is 32.3 Å². The van der Waals surface area contributed by atoms with Crippen molar-refractivity contribution < 1.29 is 5.21 Å². The summed E-state index contributed by atoms with van der Waals surface area (Å²) in [6.45, 7) is 0.592. The average Bonchev–Trinajstić information content (AvgIpc) is 2.42. The van der Waals surface area contributed by atoms with E-state index in [1.165, 1.54) is 11.1 Å². The Hall–Kier alpha value is -1.64. The third-order valence-electron chi connectivity index (χ3n) is 2.95. The van der Waals surface area contributed by atoms with Gasteiger partial charge in [-0.2, -0.15) is 0 Å². The van der Waals surface area contributed by atoms with Crippen LogP contribution in [0.25, 0.3) is 0 Å². The van der Waals surface area contributed by atoms with Crippen molar-refractivity contribution in [3.63, 3.8) is 0 Å². The summed E-state index contributed by atoms with van der Waals surface area (Å²) in [5.41, 5.74) is 4.81. The van der Waals surface area contributed by atoms with Gasteiger partial charge in [0.1, 0.15) is 0 Å². The van der Waals surface area contributed by atoms with Crippen LogP contribution in [0.1, 0.15) is 23.5 Å². The lowest BCUT2D eigenvalue weighted by Crippen LogP contribution is -2.13. The molecule has 0 amide bonds. The molecule has 2 N–H and O–H groups in total. The Kier molecular flexibility index (Phi) is 4.30. The van der Waals surface area contributed by atoms with Gasteiger partial charge in [-0.1, -0.05) is 60.7 Å². The van der Waals surface area contributed by atoms with Crippen LogP contribution in [0, 0.1) is 0 Å². The van der Waals surface area contributed by atoms with Crippen molar-refractivity contribution in [2.75, 3.05) is 6.54 Å². The van der Waals surface area contributed by atoms with E-state index in [1.54, 1.807) is 0 Å². The molecule has 0 unspecified atom stereocenters. The molecule has 0 spiro atoms. The summed E-state index contributed by atoms with van der Waals surface area (Å²) >= 11 is 0. The van der Waals surface area contributed by atoms with Crippen molar-refractivity contribution in [3.8, 4) is 0 Å². The van der Waals surface area contributed by atoms with E-state index in [0.717, 1.165) is 6.42 Å². The normalized spacial score (nSPS) is 10.7. The predicted molar refractivity (Wildman–Crippen MR) is 69.1 cm³/mol. The minimum absolute atomic E-state index is 0.331. The van der Waals surface area contributed by atoms with Crippen molar-refractivity contribution in [1.82, 2.24) is 5.48 Å². The third-order valence-corrected chi connectivity index (χ3v) is 2.95. The summed E-state index contributed by atoms with van der Waals surface area (Å²) < 4.78 is 0. The number of rotatable bonds is 5. The molecule has 88 valence electrons. The second-order valence-corrected chi connectivity index (χ2v) is 4.07. The fraction of sp³-hybridized carbons (Fsp3) is 0.200. The SMILES string of the molecule is ONCCC(c1ccccc1)c1ccccc1. The molecule has 2 aromatic rings. The Balaban J connectivity index is 2.26. The molecule has 0 radical (unpaired) electrons. The quantitative estimate of drug-likeness (QED) is 0.769. The molecule has 0 atom stereocenters. The lowest BCUT2D eigenvalue weighted by Gasteiger charge is -2.17. The van der Waals surface area contributed by atoms with Crippen LogP contribution in [0.5, 0.6) is 0 Å². The van der Waals surface area contributed by atoms with Crippen LogP contribution >= 0.6 is 0 Å². The van der Waals surface area contributed by atoms with Gasteiger partial charge >= 0.3 is 0 Å². The van der Waals surface area contributed by atoms with Gasteiger partial charge in [0.05, 0.1) is 0 Å². The molecule has 2 aromatic carbocycles. The van der Waals surface area contributed by atoms with Crippen LogP contribution in [0.2, 0.25) is 0 Å². The molecular formula is C15H17NO. The zero-order valence-electron chi connectivity index (χ0n) is 9.71. The van der Waals surface area contributed by atoms with Gasteiger partial charge in [0.25, 0.3) is 0 Å². The van der Waals surface area contributed by atoms with Gasteiger partial charge in [0, 0.05) is 12.5 Å². The Morgan fingerprint density at radius 3 is 1.71 bits per heavy atom. The minimum Gasteiger partial charge on any atom is -0.317 e. The minimum atomic E-state index is 0.331. The van der Waals surface area contributed by atoms with E-state index in [0.29, 0.717) is 12.5 Å². The molecule has 0 saturated carbocycles. The molecule has 0 fully saturated rings. The maximum atomic E-state index is 8.76. The third kappa shape index (κ3) is 3.16. The lowest BCUT2D eigenvalue weighted by molar-refractivity contribution is 0.164. The molecule has 0 aliphatic carbocycles. The van der Waals surface area contributed by atoms with E-state index in [2.05, 4.69) is 54.0 Å². The van der Waals surface area contributed by atoms with Crippen LogP contribution < -0.4 is 5.48 Å². The smallest absolute Gasteiger partial charge is 0.0216 e. The first-order valence-electron chi connectivity index (χ1n) is 5.88. The molecule has 0 bridgehead atoms. The van der Waals surface area contributed by atoms with Gasteiger partial charge in [-0.05, 0) is 17.5 Å². The van der Waals surface area contributed by atoms with E-state index in [-0.39, 0.29) is 0 Å². The van der Waals surface area contributed by atoms with Gasteiger partial charge in [0.15, 0.2) is 0 Å². The molecule has 0 aliphatic rings. The lowest BCUT2D eigenvalue weighted by atomic mass is 9.89. The van der Waals surface area contributed by atoms with Gasteiger partial charge < -0.3 is 5.21 Å². The number of nitrogens with one attached hydrogen (secondary N) is 1. The van der Waals surface area contributed by atoms with Gasteiger partial charge in [-0.3, -0.25) is 0 Å². The van der Waals surface area contributed by atoms with Crippen molar-refractivity contribution in [3.05, 3.63) is 71.8 Å². The van der Waals surface area contributed by atoms with Gasteiger partial charge in [0.2, 0.25) is 0 Å². The van der Waals surface area contributed by atoms with Crippen LogP contribution in [-0.4, -0.2) is 11.8 Å². The zero-order chi connectivity index (χ0) is 11.9. The highest BCUT2D eigenvalue weighted by Crippen LogP contribution is 2.27. The Labute approximate surface area is 102 Å². The highest BCUT2D eigenvalue weighted by molar-refractivity contribution is 5.32. The Morgan fingerprint density at radius 1 is 0.824 bits per heavy atom. The molecule has 0 aliphatic heterocycles. The largest absolute Gasteiger partial charge is 0.317 e. The van der Waals surface area contributed by atoms with Crippen molar-refractivity contribution in [2.45, 2.75) is 12.3 Å². The molecule has 17 heavy (non-hydrogen) atoms. The predicted octanol–water partition coefficient (Wildman–Crippen LogP) is 3.19. The highest BCUT2D eigenvalue weighted by atomic mass is 16.5. The molecule has 2 nitrogen and oxygen atoms in total. The van der Waals surface area contributed by atoms with E-state index in [1.807, 2.05) is 12.1 Å². The second kappa shape index (κ2) is 6.18. The van der Waals surface area contributed by atoms with E-state index < -0.39 is 0 Å². The van der Waals surface area contributed by atoms with E-state index >= 15 is 0 Å². The highest BCUT2D eigenvalue weighted by Gasteiger charge is 2.12. The summed E-state index contributed by atoms with van der Waals surface area (Å²) in [5.74, 6) is 0.331. The fourth-order valence-corrected chi connectivity index (χ4v) is 2.11. The second-order valence-electron chi connectivity index (χ2n) is 4.07. The number of hydrogen-bond donors (Lipinski definition) is 2. The first-order chi connectivity index (χ1) is 8.42. The fourth-order valence-electron chi connectivity index (χ4n) is 2.11. The first kappa shape index (κ1) is 11.8. The molecule has 0 aromatic heterocycles. The van der Waals surface area contributed by atoms with Crippen LogP contribution in [0.15, 0.2) is 60.7 Å². The van der Waals surface area contributed by atoms with Gasteiger partial charge in [-0.25, -0.2) is 5.48 Å². The maximum absolute atomic E-state index is 8.76. The number of benzene rings is 2. The maximum Gasteiger partial charge on any atom is 0.0216 e. The molecule has 0 saturated heterocycles. The molecule has 2 rings (SSSR count). The number of hydroxylamine groups is 1. The number of hydrogen-bond acceptors (Lipinski definition) is 2. The van der Waals surface area contributed by atoms with E-state index in [9.17, 15) is 0 Å².